The summed E-state index contributed by atoms with van der Waals surface area (Å²) >= 11 is 7.23. The highest BCUT2D eigenvalue weighted by Crippen LogP contribution is 2.37. The number of carbonyl (C=O) groups is 2. The summed E-state index contributed by atoms with van der Waals surface area (Å²) in [5, 5.41) is 15.9. The molecule has 148 valence electrons. The first-order chi connectivity index (χ1) is 13.9. The molecule has 0 aliphatic carbocycles. The van der Waals surface area contributed by atoms with E-state index in [1.807, 2.05) is 0 Å². The molecule has 1 heterocycles. The van der Waals surface area contributed by atoms with Crippen molar-refractivity contribution in [3.63, 3.8) is 0 Å². The van der Waals surface area contributed by atoms with Crippen LogP contribution in [0.15, 0.2) is 53.9 Å². The van der Waals surface area contributed by atoms with Crippen molar-refractivity contribution in [3.8, 4) is 11.1 Å². The molecule has 3 aromatic rings. The average molecular weight is 431 g/mol. The number of esters is 1. The molecule has 1 amide bonds. The number of anilines is 1. The van der Waals surface area contributed by atoms with E-state index in [2.05, 4.69) is 5.32 Å². The Morgan fingerprint density at radius 3 is 2.48 bits per heavy atom. The highest BCUT2D eigenvalue weighted by atomic mass is 35.5. The summed E-state index contributed by atoms with van der Waals surface area (Å²) in [6, 6.07) is 12.4. The van der Waals surface area contributed by atoms with Gasteiger partial charge in [-0.2, -0.15) is 0 Å². The van der Waals surface area contributed by atoms with E-state index in [0.717, 1.165) is 11.3 Å². The summed E-state index contributed by atoms with van der Waals surface area (Å²) in [5.74, 6) is -1.06. The molecule has 9 heteroatoms. The largest absolute Gasteiger partial charge is 0.462 e. The van der Waals surface area contributed by atoms with Crippen molar-refractivity contribution >= 4 is 45.5 Å². The number of nitrogens with one attached hydrogen (secondary N) is 1. The van der Waals surface area contributed by atoms with Crippen LogP contribution < -0.4 is 5.32 Å². The van der Waals surface area contributed by atoms with Gasteiger partial charge in [0.2, 0.25) is 0 Å². The van der Waals surface area contributed by atoms with Crippen molar-refractivity contribution < 1.29 is 19.2 Å². The van der Waals surface area contributed by atoms with Gasteiger partial charge in [-0.3, -0.25) is 14.9 Å². The minimum absolute atomic E-state index is 0.0612. The zero-order valence-electron chi connectivity index (χ0n) is 15.2. The number of nitro benzene ring substituents is 1. The van der Waals surface area contributed by atoms with Gasteiger partial charge in [0.1, 0.15) is 10.6 Å². The van der Waals surface area contributed by atoms with Crippen LogP contribution in [0.2, 0.25) is 5.02 Å². The second kappa shape index (κ2) is 8.85. The summed E-state index contributed by atoms with van der Waals surface area (Å²) in [7, 11) is 0. The molecule has 0 fully saturated rings. The summed E-state index contributed by atoms with van der Waals surface area (Å²) in [6.07, 6.45) is 0. The summed E-state index contributed by atoms with van der Waals surface area (Å²) < 4.78 is 5.14. The number of benzene rings is 2. The van der Waals surface area contributed by atoms with Gasteiger partial charge in [0.15, 0.2) is 0 Å². The SMILES string of the molecule is CCOC(=O)c1c(-c2ccc([N+](=O)[O-])cc2)csc1NC(=O)c1ccccc1Cl. The third-order valence-corrected chi connectivity index (χ3v) is 5.23. The zero-order chi connectivity index (χ0) is 21.0. The lowest BCUT2D eigenvalue weighted by atomic mass is 10.0. The first-order valence-corrected chi connectivity index (χ1v) is 9.77. The topological polar surface area (TPSA) is 98.5 Å². The number of nitrogens with zero attached hydrogens (tertiary/aromatic N) is 1. The number of rotatable bonds is 6. The Kier molecular flexibility index (Phi) is 6.26. The Balaban J connectivity index is 2.00. The van der Waals surface area contributed by atoms with Gasteiger partial charge >= 0.3 is 5.97 Å². The molecule has 0 unspecified atom stereocenters. The molecule has 0 radical (unpaired) electrons. The van der Waals surface area contributed by atoms with Gasteiger partial charge in [0, 0.05) is 23.1 Å². The Labute approximate surface area is 175 Å². The first kappa shape index (κ1) is 20.5. The maximum absolute atomic E-state index is 12.6. The number of hydrogen-bond donors (Lipinski definition) is 1. The van der Waals surface area contributed by atoms with Gasteiger partial charge in [-0.05, 0) is 36.8 Å². The van der Waals surface area contributed by atoms with Gasteiger partial charge < -0.3 is 10.1 Å². The van der Waals surface area contributed by atoms with E-state index in [-0.39, 0.29) is 28.4 Å². The van der Waals surface area contributed by atoms with Crippen molar-refractivity contribution in [1.82, 2.24) is 0 Å². The second-order valence-electron chi connectivity index (χ2n) is 5.81. The molecule has 2 aromatic carbocycles. The van der Waals surface area contributed by atoms with Crippen LogP contribution in [0.25, 0.3) is 11.1 Å². The van der Waals surface area contributed by atoms with Crippen molar-refractivity contribution in [3.05, 3.63) is 80.2 Å². The third-order valence-electron chi connectivity index (χ3n) is 4.01. The van der Waals surface area contributed by atoms with E-state index >= 15 is 0 Å². The predicted octanol–water partition coefficient (Wildman–Crippen LogP) is 5.41. The van der Waals surface area contributed by atoms with E-state index in [9.17, 15) is 19.7 Å². The molecule has 7 nitrogen and oxygen atoms in total. The summed E-state index contributed by atoms with van der Waals surface area (Å²) in [4.78, 5) is 35.6. The average Bonchev–Trinajstić information content (AvgIpc) is 3.12. The van der Waals surface area contributed by atoms with Crippen LogP contribution in [-0.4, -0.2) is 23.4 Å². The first-order valence-electron chi connectivity index (χ1n) is 8.51. The molecule has 1 aromatic heterocycles. The standard InChI is InChI=1S/C20H15ClN2O5S/c1-2-28-20(25)17-15(12-7-9-13(10-8-12)23(26)27)11-29-19(17)22-18(24)14-5-3-4-6-16(14)21/h3-11H,2H2,1H3,(H,22,24). The quantitative estimate of drug-likeness (QED) is 0.320. The number of ether oxygens (including phenoxy) is 1. The number of amides is 1. The second-order valence-corrected chi connectivity index (χ2v) is 7.10. The highest BCUT2D eigenvalue weighted by Gasteiger charge is 2.24. The van der Waals surface area contributed by atoms with E-state index in [1.54, 1.807) is 48.7 Å². The molecular weight excluding hydrogens is 416 g/mol. The Morgan fingerprint density at radius 1 is 1.17 bits per heavy atom. The van der Waals surface area contributed by atoms with Gasteiger partial charge in [0.25, 0.3) is 11.6 Å². The number of nitro groups is 1. The smallest absolute Gasteiger partial charge is 0.341 e. The van der Waals surface area contributed by atoms with Crippen LogP contribution in [0, 0.1) is 10.1 Å². The molecule has 0 spiro atoms. The minimum Gasteiger partial charge on any atom is -0.462 e. The molecule has 0 atom stereocenters. The molecule has 0 saturated heterocycles. The van der Waals surface area contributed by atoms with Gasteiger partial charge in [-0.1, -0.05) is 23.7 Å². The van der Waals surface area contributed by atoms with Crippen molar-refractivity contribution in [1.29, 1.82) is 0 Å². The van der Waals surface area contributed by atoms with Gasteiger partial charge in [-0.25, -0.2) is 4.79 Å². The maximum Gasteiger partial charge on any atom is 0.341 e. The van der Waals surface area contributed by atoms with E-state index < -0.39 is 16.8 Å². The molecule has 1 N–H and O–H groups in total. The molecule has 3 rings (SSSR count). The monoisotopic (exact) mass is 430 g/mol. The van der Waals surface area contributed by atoms with Crippen LogP contribution in [-0.2, 0) is 4.74 Å². The maximum atomic E-state index is 12.6. The molecule has 0 saturated carbocycles. The number of hydrogen-bond acceptors (Lipinski definition) is 6. The fraction of sp³-hybridized carbons (Fsp3) is 0.100. The van der Waals surface area contributed by atoms with Crippen LogP contribution in [0.1, 0.15) is 27.6 Å². The molecule has 29 heavy (non-hydrogen) atoms. The van der Waals surface area contributed by atoms with Gasteiger partial charge in [0.05, 0.1) is 22.1 Å². The molecule has 0 aliphatic rings. The number of halogens is 1. The van der Waals surface area contributed by atoms with Crippen LogP contribution in [0.3, 0.4) is 0 Å². The van der Waals surface area contributed by atoms with Crippen LogP contribution in [0.4, 0.5) is 10.7 Å². The van der Waals surface area contributed by atoms with Crippen LogP contribution >= 0.6 is 22.9 Å². The Morgan fingerprint density at radius 2 is 1.86 bits per heavy atom. The fourth-order valence-corrected chi connectivity index (χ4v) is 3.82. The lowest BCUT2D eigenvalue weighted by Gasteiger charge is -2.09. The summed E-state index contributed by atoms with van der Waals surface area (Å²) in [5.41, 5.74) is 1.50. The fourth-order valence-electron chi connectivity index (χ4n) is 2.65. The molecular formula is C20H15ClN2O5S. The van der Waals surface area contributed by atoms with Crippen molar-refractivity contribution in [2.75, 3.05) is 11.9 Å². The number of thiophene rings is 1. The van der Waals surface area contributed by atoms with Crippen molar-refractivity contribution in [2.24, 2.45) is 0 Å². The Hall–Kier alpha value is -3.23. The third kappa shape index (κ3) is 4.44. The minimum atomic E-state index is -0.600. The Bertz CT molecular complexity index is 1080. The number of carbonyl (C=O) groups excluding carboxylic acids is 2. The van der Waals surface area contributed by atoms with E-state index in [0.29, 0.717) is 16.1 Å². The van der Waals surface area contributed by atoms with E-state index in [4.69, 9.17) is 16.3 Å². The zero-order valence-corrected chi connectivity index (χ0v) is 16.8. The number of non-ortho nitro benzene ring substituents is 1. The van der Waals surface area contributed by atoms with Gasteiger partial charge in [-0.15, -0.1) is 11.3 Å². The van der Waals surface area contributed by atoms with Crippen molar-refractivity contribution in [2.45, 2.75) is 6.92 Å². The highest BCUT2D eigenvalue weighted by molar-refractivity contribution is 7.15. The lowest BCUT2D eigenvalue weighted by molar-refractivity contribution is -0.384. The molecule has 0 aliphatic heterocycles. The van der Waals surface area contributed by atoms with E-state index in [1.165, 1.54) is 12.1 Å². The molecule has 0 bridgehead atoms. The summed E-state index contributed by atoms with van der Waals surface area (Å²) in [6.45, 7) is 1.84. The van der Waals surface area contributed by atoms with Crippen LogP contribution in [0.5, 0.6) is 0 Å². The normalized spacial score (nSPS) is 10.4. The lowest BCUT2D eigenvalue weighted by Crippen LogP contribution is -2.15. The predicted molar refractivity (Wildman–Crippen MR) is 112 cm³/mol.